The smallest absolute Gasteiger partial charge is 0.225 e. The topological polar surface area (TPSA) is 47.4 Å². The van der Waals surface area contributed by atoms with Gasteiger partial charge in [0.15, 0.2) is 0 Å². The molecule has 2 aromatic rings. The molecular weight excluding hydrogens is 310 g/mol. The van der Waals surface area contributed by atoms with Crippen molar-refractivity contribution in [2.45, 2.75) is 37.8 Å². The van der Waals surface area contributed by atoms with Gasteiger partial charge in [-0.25, -0.2) is 0 Å². The number of aromatic nitrogens is 2. The van der Waals surface area contributed by atoms with Gasteiger partial charge >= 0.3 is 0 Å². The zero-order valence-corrected chi connectivity index (χ0v) is 13.9. The summed E-state index contributed by atoms with van der Waals surface area (Å²) in [6, 6.07) is 4.40. The fraction of sp³-hybridized carbons (Fsp3) is 0.529. The van der Waals surface area contributed by atoms with E-state index in [4.69, 9.17) is 4.74 Å². The maximum Gasteiger partial charge on any atom is 0.225 e. The minimum Gasteiger partial charge on any atom is -0.372 e. The van der Waals surface area contributed by atoms with Crippen LogP contribution in [0.5, 0.6) is 0 Å². The highest BCUT2D eigenvalue weighted by atomic mass is 32.1. The number of amides is 1. The van der Waals surface area contributed by atoms with Crippen LogP contribution in [0.25, 0.3) is 0 Å². The molecule has 2 aliphatic heterocycles. The highest BCUT2D eigenvalue weighted by Gasteiger charge is 2.29. The molecule has 0 N–H and O–H groups in total. The fourth-order valence-electron chi connectivity index (χ4n) is 3.56. The molecule has 1 amide bonds. The maximum absolute atomic E-state index is 12.7. The van der Waals surface area contributed by atoms with Gasteiger partial charge in [-0.1, -0.05) is 0 Å². The Hall–Kier alpha value is -1.66. The van der Waals surface area contributed by atoms with Crippen LogP contribution in [-0.4, -0.2) is 40.3 Å². The van der Waals surface area contributed by atoms with Gasteiger partial charge in [0.2, 0.25) is 5.91 Å². The second-order valence-corrected chi connectivity index (χ2v) is 7.19. The van der Waals surface area contributed by atoms with E-state index in [0.29, 0.717) is 12.5 Å². The fourth-order valence-corrected chi connectivity index (χ4v) is 4.56. The average molecular weight is 331 g/mol. The van der Waals surface area contributed by atoms with Gasteiger partial charge in [0.25, 0.3) is 0 Å². The molecule has 0 spiro atoms. The molecule has 0 aromatic carbocycles. The summed E-state index contributed by atoms with van der Waals surface area (Å²) in [6.45, 7) is 2.32. The van der Waals surface area contributed by atoms with Crippen molar-refractivity contribution in [2.75, 3.05) is 19.7 Å². The van der Waals surface area contributed by atoms with Crippen molar-refractivity contribution < 1.29 is 9.53 Å². The number of thiophene rings is 1. The first-order valence-electron chi connectivity index (χ1n) is 8.26. The summed E-state index contributed by atoms with van der Waals surface area (Å²) in [7, 11) is 0. The number of carbonyl (C=O) groups excluding carboxylic acids is 1. The Labute approximate surface area is 139 Å². The van der Waals surface area contributed by atoms with Crippen LogP contribution in [0.15, 0.2) is 29.9 Å². The number of likely N-dealkylation sites (tertiary alicyclic amines) is 1. The largest absolute Gasteiger partial charge is 0.372 e. The summed E-state index contributed by atoms with van der Waals surface area (Å²) in [5.74, 6) is 0.202. The number of fused-ring (bicyclic) bond motifs is 1. The lowest BCUT2D eigenvalue weighted by Crippen LogP contribution is -2.41. The van der Waals surface area contributed by atoms with Crippen molar-refractivity contribution in [1.29, 1.82) is 0 Å². The van der Waals surface area contributed by atoms with E-state index in [2.05, 4.69) is 16.5 Å². The predicted octanol–water partition coefficient (Wildman–Crippen LogP) is 2.81. The molecule has 0 saturated carbocycles. The van der Waals surface area contributed by atoms with Crippen molar-refractivity contribution in [1.82, 2.24) is 14.7 Å². The monoisotopic (exact) mass is 331 g/mol. The summed E-state index contributed by atoms with van der Waals surface area (Å²) < 4.78 is 7.85. The Morgan fingerprint density at radius 1 is 1.48 bits per heavy atom. The van der Waals surface area contributed by atoms with Crippen molar-refractivity contribution in [3.05, 3.63) is 40.3 Å². The van der Waals surface area contributed by atoms with Gasteiger partial charge in [-0.3, -0.25) is 9.48 Å². The number of nitrogens with zero attached hydrogens (tertiary/aromatic N) is 3. The van der Waals surface area contributed by atoms with Crippen molar-refractivity contribution in [3.63, 3.8) is 0 Å². The van der Waals surface area contributed by atoms with Gasteiger partial charge in [-0.05, 0) is 42.3 Å². The van der Waals surface area contributed by atoms with Gasteiger partial charge in [-0.2, -0.15) is 5.10 Å². The van der Waals surface area contributed by atoms with Crippen LogP contribution in [0.4, 0.5) is 0 Å². The van der Waals surface area contributed by atoms with Gasteiger partial charge in [-0.15, -0.1) is 11.3 Å². The van der Waals surface area contributed by atoms with Crippen LogP contribution in [0, 0.1) is 0 Å². The third-order valence-electron chi connectivity index (χ3n) is 4.77. The van der Waals surface area contributed by atoms with Crippen molar-refractivity contribution >= 4 is 17.2 Å². The van der Waals surface area contributed by atoms with Crippen LogP contribution < -0.4 is 0 Å². The summed E-state index contributed by atoms with van der Waals surface area (Å²) >= 11 is 1.71. The molecular formula is C17H21N3O2S. The van der Waals surface area contributed by atoms with E-state index in [1.165, 1.54) is 10.4 Å². The summed E-state index contributed by atoms with van der Waals surface area (Å²) in [6.07, 6.45) is 7.27. The minimum absolute atomic E-state index is 0.0590. The maximum atomic E-state index is 12.7. The number of hydrogen-bond acceptors (Lipinski definition) is 4. The summed E-state index contributed by atoms with van der Waals surface area (Å²) in [5.41, 5.74) is 1.35. The van der Waals surface area contributed by atoms with E-state index in [1.54, 1.807) is 17.5 Å². The minimum atomic E-state index is -0.0590. The standard InChI is InChI=1S/C17H21N3O2S/c21-16(11-15-17-13(4-9-22-15)5-10-23-17)19-7-1-3-14(12-19)20-8-2-6-18-20/h2,5-6,8,10,14-15H,1,3-4,7,9,11-12H2. The molecule has 122 valence electrons. The van der Waals surface area contributed by atoms with Gasteiger partial charge in [0.05, 0.1) is 19.1 Å². The molecule has 0 aliphatic carbocycles. The highest BCUT2D eigenvalue weighted by molar-refractivity contribution is 7.10. The molecule has 2 unspecified atom stereocenters. The summed E-state index contributed by atoms with van der Waals surface area (Å²) in [4.78, 5) is 16.0. The first-order chi connectivity index (χ1) is 11.3. The number of ether oxygens (including phenoxy) is 1. The quantitative estimate of drug-likeness (QED) is 0.869. The van der Waals surface area contributed by atoms with E-state index in [0.717, 1.165) is 39.0 Å². The molecule has 2 aromatic heterocycles. The first-order valence-corrected chi connectivity index (χ1v) is 9.14. The Bertz CT molecular complexity index is 667. The Morgan fingerprint density at radius 2 is 2.43 bits per heavy atom. The van der Waals surface area contributed by atoms with E-state index in [1.807, 2.05) is 21.8 Å². The van der Waals surface area contributed by atoms with Crippen LogP contribution in [0.1, 0.15) is 41.8 Å². The van der Waals surface area contributed by atoms with Gasteiger partial charge < -0.3 is 9.64 Å². The molecule has 6 heteroatoms. The predicted molar refractivity (Wildman–Crippen MR) is 88.4 cm³/mol. The second kappa shape index (κ2) is 6.45. The molecule has 5 nitrogen and oxygen atoms in total. The van der Waals surface area contributed by atoms with Crippen LogP contribution in [0.3, 0.4) is 0 Å². The highest BCUT2D eigenvalue weighted by Crippen LogP contribution is 2.34. The van der Waals surface area contributed by atoms with E-state index in [9.17, 15) is 4.79 Å². The summed E-state index contributed by atoms with van der Waals surface area (Å²) in [5, 5.41) is 6.43. The van der Waals surface area contributed by atoms with E-state index >= 15 is 0 Å². The van der Waals surface area contributed by atoms with Gasteiger partial charge in [0, 0.05) is 30.4 Å². The van der Waals surface area contributed by atoms with E-state index in [-0.39, 0.29) is 12.0 Å². The second-order valence-electron chi connectivity index (χ2n) is 6.25. The molecule has 2 atom stereocenters. The third kappa shape index (κ3) is 3.05. The van der Waals surface area contributed by atoms with Crippen LogP contribution in [0.2, 0.25) is 0 Å². The lowest BCUT2D eigenvalue weighted by molar-refractivity contribution is -0.136. The molecule has 2 aliphatic rings. The molecule has 23 heavy (non-hydrogen) atoms. The Morgan fingerprint density at radius 3 is 3.30 bits per heavy atom. The Kier molecular flexibility index (Phi) is 4.18. The lowest BCUT2D eigenvalue weighted by Gasteiger charge is -2.34. The number of piperidine rings is 1. The first kappa shape index (κ1) is 14.9. The Balaban J connectivity index is 1.42. The lowest BCUT2D eigenvalue weighted by atomic mass is 10.0. The number of rotatable bonds is 3. The van der Waals surface area contributed by atoms with Gasteiger partial charge in [0.1, 0.15) is 6.10 Å². The zero-order valence-electron chi connectivity index (χ0n) is 13.1. The molecule has 0 bridgehead atoms. The number of hydrogen-bond donors (Lipinski definition) is 0. The zero-order chi connectivity index (χ0) is 15.6. The van der Waals surface area contributed by atoms with E-state index < -0.39 is 0 Å². The number of carbonyl (C=O) groups is 1. The SMILES string of the molecule is O=C(CC1OCCc2ccsc21)N1CCCC(n2cccn2)C1. The molecule has 4 heterocycles. The third-order valence-corrected chi connectivity index (χ3v) is 5.82. The van der Waals surface area contributed by atoms with Crippen molar-refractivity contribution in [3.8, 4) is 0 Å². The van der Waals surface area contributed by atoms with Crippen LogP contribution >= 0.6 is 11.3 Å². The molecule has 0 radical (unpaired) electrons. The molecule has 4 rings (SSSR count). The molecule has 1 saturated heterocycles. The normalized spacial score (nSPS) is 24.4. The molecule has 1 fully saturated rings. The average Bonchev–Trinajstić information content (AvgIpc) is 3.27. The van der Waals surface area contributed by atoms with Crippen molar-refractivity contribution in [2.24, 2.45) is 0 Å². The van der Waals surface area contributed by atoms with Crippen LogP contribution in [-0.2, 0) is 16.0 Å².